The Hall–Kier alpha value is -2.60. The Balaban J connectivity index is 2.09. The van der Waals surface area contributed by atoms with E-state index in [1.807, 2.05) is 0 Å². The molecule has 2 rings (SSSR count). The van der Waals surface area contributed by atoms with Crippen LogP contribution in [0, 0.1) is 5.82 Å². The van der Waals surface area contributed by atoms with Gasteiger partial charge < -0.3 is 15.8 Å². The molecule has 2 aromatic carbocycles. The van der Waals surface area contributed by atoms with E-state index in [1.54, 1.807) is 24.3 Å². The van der Waals surface area contributed by atoms with E-state index in [0.717, 1.165) is 6.07 Å². The Morgan fingerprint density at radius 3 is 2.65 bits per heavy atom. The van der Waals surface area contributed by atoms with Gasteiger partial charge in [0.1, 0.15) is 11.6 Å². The largest absolute Gasteiger partial charge is 0.481 e. The van der Waals surface area contributed by atoms with Crippen molar-refractivity contribution in [1.82, 2.24) is 0 Å². The highest BCUT2D eigenvalue weighted by atomic mass is 35.5. The van der Waals surface area contributed by atoms with E-state index >= 15 is 0 Å². The van der Waals surface area contributed by atoms with Gasteiger partial charge in [-0.1, -0.05) is 17.7 Å². The molecule has 5 nitrogen and oxygen atoms in total. The van der Waals surface area contributed by atoms with Crippen molar-refractivity contribution >= 4 is 29.1 Å². The molecule has 0 fully saturated rings. The average molecular weight is 337 g/mol. The molecule has 0 saturated heterocycles. The molecular formula is C16H14ClFN2O3. The zero-order valence-corrected chi connectivity index (χ0v) is 12.9. The van der Waals surface area contributed by atoms with Gasteiger partial charge in [-0.2, -0.15) is 0 Å². The molecule has 0 bridgehead atoms. The summed E-state index contributed by atoms with van der Waals surface area (Å²) in [6.07, 6.45) is -0.898. The second-order valence-corrected chi connectivity index (χ2v) is 5.20. The van der Waals surface area contributed by atoms with Gasteiger partial charge in [0.2, 0.25) is 5.91 Å². The Morgan fingerprint density at radius 1 is 1.26 bits per heavy atom. The van der Waals surface area contributed by atoms with Crippen molar-refractivity contribution in [3.05, 3.63) is 58.9 Å². The first-order valence-electron chi connectivity index (χ1n) is 6.69. The minimum absolute atomic E-state index is 0.0881. The van der Waals surface area contributed by atoms with E-state index < -0.39 is 23.7 Å². The maximum Gasteiger partial charge on any atom is 0.265 e. The minimum Gasteiger partial charge on any atom is -0.481 e. The van der Waals surface area contributed by atoms with E-state index in [4.69, 9.17) is 22.1 Å². The quantitative estimate of drug-likeness (QED) is 0.880. The lowest BCUT2D eigenvalue weighted by Crippen LogP contribution is -2.30. The molecule has 0 spiro atoms. The standard InChI is InChI=1S/C16H14ClFN2O3/c1-9(23-12-4-2-3-11(17)8-12)16(22)20-14-7-10(15(19)21)5-6-13(14)18/h2-9H,1H3,(H2,19,21)(H,20,22)/t9-/m0/s1. The number of carbonyl (C=O) groups is 2. The Morgan fingerprint density at radius 2 is 2.00 bits per heavy atom. The second-order valence-electron chi connectivity index (χ2n) is 4.77. The van der Waals surface area contributed by atoms with Crippen molar-refractivity contribution < 1.29 is 18.7 Å². The van der Waals surface area contributed by atoms with Gasteiger partial charge in [0, 0.05) is 10.6 Å². The first-order valence-corrected chi connectivity index (χ1v) is 7.07. The highest BCUT2D eigenvalue weighted by molar-refractivity contribution is 6.30. The number of nitrogens with two attached hydrogens (primary N) is 1. The molecule has 7 heteroatoms. The molecular weight excluding hydrogens is 323 g/mol. The highest BCUT2D eigenvalue weighted by Gasteiger charge is 2.17. The SMILES string of the molecule is C[C@H](Oc1cccc(Cl)c1)C(=O)Nc1cc(C(N)=O)ccc1F. The van der Waals surface area contributed by atoms with Gasteiger partial charge in [0.15, 0.2) is 6.10 Å². The summed E-state index contributed by atoms with van der Waals surface area (Å²) in [6.45, 7) is 1.51. The van der Waals surface area contributed by atoms with Crippen LogP contribution >= 0.6 is 11.6 Å². The fourth-order valence-corrected chi connectivity index (χ4v) is 1.99. The Bertz CT molecular complexity index is 752. The zero-order valence-electron chi connectivity index (χ0n) is 12.2. The molecule has 0 unspecified atom stereocenters. The molecule has 2 aromatic rings. The van der Waals surface area contributed by atoms with Crippen LogP contribution in [-0.4, -0.2) is 17.9 Å². The van der Waals surface area contributed by atoms with Crippen LogP contribution in [-0.2, 0) is 4.79 Å². The maximum absolute atomic E-state index is 13.7. The predicted octanol–water partition coefficient (Wildman–Crippen LogP) is 2.98. The third kappa shape index (κ3) is 4.43. The van der Waals surface area contributed by atoms with E-state index in [1.165, 1.54) is 19.1 Å². The van der Waals surface area contributed by atoms with Gasteiger partial charge in [0.05, 0.1) is 5.69 Å². The van der Waals surface area contributed by atoms with E-state index in [-0.39, 0.29) is 11.3 Å². The number of hydrogen-bond donors (Lipinski definition) is 2. The molecule has 2 amide bonds. The summed E-state index contributed by atoms with van der Waals surface area (Å²) in [5.41, 5.74) is 5.07. The van der Waals surface area contributed by atoms with Gasteiger partial charge >= 0.3 is 0 Å². The van der Waals surface area contributed by atoms with E-state index in [9.17, 15) is 14.0 Å². The normalized spacial score (nSPS) is 11.6. The summed E-state index contributed by atoms with van der Waals surface area (Å²) in [4.78, 5) is 23.2. The topological polar surface area (TPSA) is 81.4 Å². The third-order valence-corrected chi connectivity index (χ3v) is 3.22. The smallest absolute Gasteiger partial charge is 0.265 e. The summed E-state index contributed by atoms with van der Waals surface area (Å²) < 4.78 is 19.1. The van der Waals surface area contributed by atoms with Crippen molar-refractivity contribution in [3.8, 4) is 5.75 Å². The second kappa shape index (κ2) is 7.11. The van der Waals surface area contributed by atoms with Crippen LogP contribution in [0.25, 0.3) is 0 Å². The lowest BCUT2D eigenvalue weighted by Gasteiger charge is -2.15. The summed E-state index contributed by atoms with van der Waals surface area (Å²) >= 11 is 5.83. The maximum atomic E-state index is 13.7. The van der Waals surface area contributed by atoms with Crippen LogP contribution in [0.5, 0.6) is 5.75 Å². The van der Waals surface area contributed by atoms with Crippen LogP contribution in [0.15, 0.2) is 42.5 Å². The lowest BCUT2D eigenvalue weighted by molar-refractivity contribution is -0.122. The first kappa shape index (κ1) is 16.8. The van der Waals surface area contributed by atoms with Gasteiger partial charge in [-0.15, -0.1) is 0 Å². The summed E-state index contributed by atoms with van der Waals surface area (Å²) in [5.74, 6) is -1.57. The number of anilines is 1. The molecule has 3 N–H and O–H groups in total. The van der Waals surface area contributed by atoms with Crippen molar-refractivity contribution in [2.45, 2.75) is 13.0 Å². The van der Waals surface area contributed by atoms with Gasteiger partial charge in [0.25, 0.3) is 5.91 Å². The molecule has 0 aliphatic heterocycles. The highest BCUT2D eigenvalue weighted by Crippen LogP contribution is 2.20. The molecule has 0 radical (unpaired) electrons. The monoisotopic (exact) mass is 336 g/mol. The number of halogens is 2. The van der Waals surface area contributed by atoms with Crippen LogP contribution in [0.1, 0.15) is 17.3 Å². The number of benzene rings is 2. The Kier molecular flexibility index (Phi) is 5.18. The van der Waals surface area contributed by atoms with E-state index in [2.05, 4.69) is 5.32 Å². The number of ether oxygens (including phenoxy) is 1. The number of primary amides is 1. The molecule has 0 aromatic heterocycles. The van der Waals surface area contributed by atoms with Crippen molar-refractivity contribution in [3.63, 3.8) is 0 Å². The number of carbonyl (C=O) groups excluding carboxylic acids is 2. The van der Waals surface area contributed by atoms with Crippen molar-refractivity contribution in [1.29, 1.82) is 0 Å². The summed E-state index contributed by atoms with van der Waals surface area (Å²) in [5, 5.41) is 2.83. The number of nitrogens with one attached hydrogen (secondary N) is 1. The van der Waals surface area contributed by atoms with Gasteiger partial charge in [-0.25, -0.2) is 4.39 Å². The number of rotatable bonds is 5. The fourth-order valence-electron chi connectivity index (χ4n) is 1.81. The summed E-state index contributed by atoms with van der Waals surface area (Å²) in [7, 11) is 0. The number of hydrogen-bond acceptors (Lipinski definition) is 3. The molecule has 1 atom stereocenters. The van der Waals surface area contributed by atoms with Crippen LogP contribution < -0.4 is 15.8 Å². The van der Waals surface area contributed by atoms with E-state index in [0.29, 0.717) is 10.8 Å². The van der Waals surface area contributed by atoms with Crippen molar-refractivity contribution in [2.75, 3.05) is 5.32 Å². The van der Waals surface area contributed by atoms with Crippen molar-refractivity contribution in [2.24, 2.45) is 5.73 Å². The third-order valence-electron chi connectivity index (χ3n) is 2.99. The average Bonchev–Trinajstić information content (AvgIpc) is 2.49. The number of amides is 2. The molecule has 23 heavy (non-hydrogen) atoms. The molecule has 0 aliphatic carbocycles. The lowest BCUT2D eigenvalue weighted by atomic mass is 10.2. The summed E-state index contributed by atoms with van der Waals surface area (Å²) in [6, 6.07) is 10.0. The Labute approximate surface area is 137 Å². The molecule has 0 aliphatic rings. The first-order chi connectivity index (χ1) is 10.9. The molecule has 120 valence electrons. The van der Waals surface area contributed by atoms with Crippen LogP contribution in [0.4, 0.5) is 10.1 Å². The molecule has 0 saturated carbocycles. The van der Waals surface area contributed by atoms with Gasteiger partial charge in [-0.05, 0) is 43.3 Å². The van der Waals surface area contributed by atoms with Crippen LogP contribution in [0.2, 0.25) is 5.02 Å². The zero-order chi connectivity index (χ0) is 17.0. The predicted molar refractivity (Wildman–Crippen MR) is 85.1 cm³/mol. The molecule has 0 heterocycles. The minimum atomic E-state index is -0.898. The van der Waals surface area contributed by atoms with Gasteiger partial charge in [-0.3, -0.25) is 9.59 Å². The fraction of sp³-hybridized carbons (Fsp3) is 0.125. The van der Waals surface area contributed by atoms with Crippen LogP contribution in [0.3, 0.4) is 0 Å².